The number of benzene rings is 4. The SMILES string of the molecule is Cc1ccc(C2=CC=C(C=C(Cc3ccccc3)c3cc4c(c5ccccc35)C=CCC=C4)C=CC2)cc1. The molecule has 38 heavy (non-hydrogen) atoms. The fraction of sp³-hybridized carbons (Fsp3) is 0.105. The van der Waals surface area contributed by atoms with Crippen molar-refractivity contribution in [3.05, 3.63) is 166 Å². The smallest absolute Gasteiger partial charge is 0.00194 e. The number of aryl methyl sites for hydroxylation is 1. The summed E-state index contributed by atoms with van der Waals surface area (Å²) in [6.45, 7) is 2.14. The Kier molecular flexibility index (Phi) is 6.87. The molecule has 2 aliphatic rings. The topological polar surface area (TPSA) is 0 Å². The summed E-state index contributed by atoms with van der Waals surface area (Å²) in [5, 5.41) is 2.62. The van der Waals surface area contributed by atoms with E-state index in [0.717, 1.165) is 19.3 Å². The monoisotopic (exact) mass is 488 g/mol. The molecule has 0 aromatic heterocycles. The lowest BCUT2D eigenvalue weighted by Crippen LogP contribution is -1.96. The molecular weight excluding hydrogens is 456 g/mol. The minimum absolute atomic E-state index is 0.878. The Morgan fingerprint density at radius 2 is 1.50 bits per heavy atom. The summed E-state index contributed by atoms with van der Waals surface area (Å²) in [7, 11) is 0. The van der Waals surface area contributed by atoms with Crippen LogP contribution in [0.4, 0.5) is 0 Å². The maximum Gasteiger partial charge on any atom is -0.00194 e. The van der Waals surface area contributed by atoms with Gasteiger partial charge in [0, 0.05) is 0 Å². The van der Waals surface area contributed by atoms with E-state index in [1.54, 1.807) is 0 Å². The van der Waals surface area contributed by atoms with Crippen molar-refractivity contribution in [2.24, 2.45) is 0 Å². The van der Waals surface area contributed by atoms with Crippen molar-refractivity contribution in [2.75, 3.05) is 0 Å². The van der Waals surface area contributed by atoms with Gasteiger partial charge in [0.15, 0.2) is 0 Å². The number of hydrogen-bond donors (Lipinski definition) is 0. The first-order chi connectivity index (χ1) is 18.7. The molecule has 0 spiro atoms. The predicted molar refractivity (Wildman–Crippen MR) is 166 cm³/mol. The van der Waals surface area contributed by atoms with Gasteiger partial charge in [0.05, 0.1) is 0 Å². The van der Waals surface area contributed by atoms with Crippen LogP contribution in [0.3, 0.4) is 0 Å². The van der Waals surface area contributed by atoms with Gasteiger partial charge in [-0.15, -0.1) is 0 Å². The fourth-order valence-corrected chi connectivity index (χ4v) is 5.43. The molecule has 0 fully saturated rings. The molecule has 0 heterocycles. The van der Waals surface area contributed by atoms with Gasteiger partial charge in [0.25, 0.3) is 0 Å². The van der Waals surface area contributed by atoms with Gasteiger partial charge in [0.1, 0.15) is 0 Å². The van der Waals surface area contributed by atoms with Crippen LogP contribution in [0, 0.1) is 6.92 Å². The first-order valence-corrected chi connectivity index (χ1v) is 13.5. The molecule has 0 bridgehead atoms. The van der Waals surface area contributed by atoms with Crippen molar-refractivity contribution < 1.29 is 0 Å². The molecule has 184 valence electrons. The second-order valence-electron chi connectivity index (χ2n) is 10.2. The predicted octanol–water partition coefficient (Wildman–Crippen LogP) is 10.2. The van der Waals surface area contributed by atoms with Crippen LogP contribution in [0.15, 0.2) is 133 Å². The first kappa shape index (κ1) is 23.9. The summed E-state index contributed by atoms with van der Waals surface area (Å²) < 4.78 is 0. The third-order valence-corrected chi connectivity index (χ3v) is 7.44. The van der Waals surface area contributed by atoms with Crippen molar-refractivity contribution in [1.82, 2.24) is 0 Å². The van der Waals surface area contributed by atoms with Gasteiger partial charge in [-0.3, -0.25) is 0 Å². The van der Waals surface area contributed by atoms with Crippen molar-refractivity contribution in [3.8, 4) is 0 Å². The minimum Gasteiger partial charge on any atom is -0.0801 e. The summed E-state index contributed by atoms with van der Waals surface area (Å²) in [4.78, 5) is 0. The largest absolute Gasteiger partial charge is 0.0801 e. The Morgan fingerprint density at radius 3 is 2.34 bits per heavy atom. The maximum atomic E-state index is 2.40. The second kappa shape index (κ2) is 10.9. The molecule has 0 atom stereocenters. The Labute approximate surface area is 226 Å². The van der Waals surface area contributed by atoms with E-state index in [-0.39, 0.29) is 0 Å². The standard InChI is InChI=1S/C38H32/c1-28-19-22-32(23-20-28)31-15-10-13-30(21-24-31)26-34(25-29-11-4-2-5-12-29)38-27-33-14-6-3-7-16-35(33)36-17-8-9-18-37(36)38/h2,4-14,16-24,26-27H,3,15,25H2,1H3. The number of allylic oxidation sites excluding steroid dienone is 10. The van der Waals surface area contributed by atoms with Crippen molar-refractivity contribution >= 4 is 34.1 Å². The second-order valence-corrected chi connectivity index (χ2v) is 10.2. The molecule has 4 aromatic carbocycles. The molecule has 4 aromatic rings. The molecule has 0 radical (unpaired) electrons. The zero-order valence-electron chi connectivity index (χ0n) is 21.9. The Balaban J connectivity index is 1.49. The highest BCUT2D eigenvalue weighted by atomic mass is 14.2. The lowest BCUT2D eigenvalue weighted by atomic mass is 9.88. The van der Waals surface area contributed by atoms with Crippen molar-refractivity contribution in [3.63, 3.8) is 0 Å². The van der Waals surface area contributed by atoms with E-state index in [1.807, 2.05) is 0 Å². The Hall–Kier alpha value is -4.42. The molecule has 0 saturated heterocycles. The van der Waals surface area contributed by atoms with Crippen LogP contribution >= 0.6 is 0 Å². The van der Waals surface area contributed by atoms with Gasteiger partial charge in [-0.05, 0) is 87.6 Å². The van der Waals surface area contributed by atoms with Gasteiger partial charge in [-0.1, -0.05) is 139 Å². The molecule has 0 saturated carbocycles. The average molecular weight is 489 g/mol. The summed E-state index contributed by atoms with van der Waals surface area (Å²) in [5.74, 6) is 0. The highest BCUT2D eigenvalue weighted by molar-refractivity contribution is 6.02. The Morgan fingerprint density at radius 1 is 0.737 bits per heavy atom. The minimum atomic E-state index is 0.878. The van der Waals surface area contributed by atoms with Crippen LogP contribution < -0.4 is 0 Å². The lowest BCUT2D eigenvalue weighted by molar-refractivity contribution is 1.28. The van der Waals surface area contributed by atoms with Crippen molar-refractivity contribution in [2.45, 2.75) is 26.2 Å². The summed E-state index contributed by atoms with van der Waals surface area (Å²) in [6.07, 6.45) is 23.4. The van der Waals surface area contributed by atoms with E-state index in [4.69, 9.17) is 0 Å². The van der Waals surface area contributed by atoms with E-state index >= 15 is 0 Å². The zero-order chi connectivity index (χ0) is 25.7. The first-order valence-electron chi connectivity index (χ1n) is 13.5. The summed E-state index contributed by atoms with van der Waals surface area (Å²) >= 11 is 0. The van der Waals surface area contributed by atoms with Gasteiger partial charge < -0.3 is 0 Å². The number of rotatable bonds is 5. The molecule has 0 amide bonds. The lowest BCUT2D eigenvalue weighted by Gasteiger charge is -2.16. The molecule has 0 heteroatoms. The van der Waals surface area contributed by atoms with E-state index in [9.17, 15) is 0 Å². The fourth-order valence-electron chi connectivity index (χ4n) is 5.43. The van der Waals surface area contributed by atoms with Gasteiger partial charge >= 0.3 is 0 Å². The summed E-state index contributed by atoms with van der Waals surface area (Å²) in [6, 6.07) is 30.9. The van der Waals surface area contributed by atoms with Crippen LogP contribution in [0.1, 0.15) is 46.2 Å². The third-order valence-electron chi connectivity index (χ3n) is 7.44. The highest BCUT2D eigenvalue weighted by Crippen LogP contribution is 2.35. The van der Waals surface area contributed by atoms with E-state index in [0.29, 0.717) is 0 Å². The van der Waals surface area contributed by atoms with E-state index in [1.165, 1.54) is 60.9 Å². The quantitative estimate of drug-likeness (QED) is 0.262. The number of hydrogen-bond acceptors (Lipinski definition) is 0. The van der Waals surface area contributed by atoms with Crippen molar-refractivity contribution in [1.29, 1.82) is 0 Å². The van der Waals surface area contributed by atoms with Crippen LogP contribution in [0.25, 0.3) is 34.1 Å². The highest BCUT2D eigenvalue weighted by Gasteiger charge is 2.14. The van der Waals surface area contributed by atoms with Gasteiger partial charge in [0.2, 0.25) is 0 Å². The molecular formula is C38H32. The molecule has 0 aliphatic heterocycles. The number of fused-ring (bicyclic) bond motifs is 3. The van der Waals surface area contributed by atoms with Crippen LogP contribution in [-0.2, 0) is 6.42 Å². The summed E-state index contributed by atoms with van der Waals surface area (Å²) in [5.41, 5.74) is 11.7. The normalized spacial score (nSPS) is 15.0. The maximum absolute atomic E-state index is 2.40. The zero-order valence-corrected chi connectivity index (χ0v) is 21.9. The van der Waals surface area contributed by atoms with Crippen LogP contribution in [0.5, 0.6) is 0 Å². The van der Waals surface area contributed by atoms with E-state index < -0.39 is 0 Å². The van der Waals surface area contributed by atoms with Crippen LogP contribution in [0.2, 0.25) is 0 Å². The molecule has 0 unspecified atom stereocenters. The van der Waals surface area contributed by atoms with E-state index in [2.05, 4.69) is 147 Å². The van der Waals surface area contributed by atoms with Gasteiger partial charge in [-0.2, -0.15) is 0 Å². The Bertz CT molecular complexity index is 1650. The molecule has 0 N–H and O–H groups in total. The third kappa shape index (κ3) is 5.17. The molecule has 2 aliphatic carbocycles. The average Bonchev–Trinajstić information content (AvgIpc) is 3.34. The molecule has 0 nitrogen and oxygen atoms in total. The molecule has 6 rings (SSSR count). The van der Waals surface area contributed by atoms with Crippen LogP contribution in [-0.4, -0.2) is 0 Å². The van der Waals surface area contributed by atoms with Gasteiger partial charge in [-0.25, -0.2) is 0 Å².